The van der Waals surface area contributed by atoms with Crippen molar-refractivity contribution in [2.24, 2.45) is 5.41 Å². The van der Waals surface area contributed by atoms with Crippen LogP contribution >= 0.6 is 23.4 Å². The smallest absolute Gasteiger partial charge is 0.234 e. The fraction of sp³-hybridized carbons (Fsp3) is 0.321. The monoisotopic (exact) mass is 537 g/mol. The zero-order chi connectivity index (χ0) is 26.7. The maximum atomic E-state index is 13.3. The minimum atomic E-state index is -0.519. The number of amides is 1. The summed E-state index contributed by atoms with van der Waals surface area (Å²) in [6.07, 6.45) is 1.07. The first kappa shape index (κ1) is 26.6. The van der Waals surface area contributed by atoms with E-state index in [4.69, 9.17) is 21.1 Å². The van der Waals surface area contributed by atoms with E-state index < -0.39 is 5.92 Å². The molecule has 192 valence electrons. The number of nitrogens with one attached hydrogen (secondary N) is 2. The van der Waals surface area contributed by atoms with Gasteiger partial charge >= 0.3 is 0 Å². The third-order valence-corrected chi connectivity index (χ3v) is 7.63. The van der Waals surface area contributed by atoms with Crippen molar-refractivity contribution in [3.05, 3.63) is 74.9 Å². The van der Waals surface area contributed by atoms with Crippen molar-refractivity contribution in [3.8, 4) is 17.6 Å². The third-order valence-electron chi connectivity index (χ3n) is 6.36. The topological polar surface area (TPSA) is 100 Å². The van der Waals surface area contributed by atoms with Crippen LogP contribution in [0.4, 0.5) is 5.69 Å². The molecule has 4 rings (SSSR count). The number of dihydropyridines is 1. The Hall–Kier alpha value is -3.41. The van der Waals surface area contributed by atoms with Crippen LogP contribution in [0.15, 0.2) is 64.3 Å². The first-order valence-corrected chi connectivity index (χ1v) is 13.1. The lowest BCUT2D eigenvalue weighted by molar-refractivity contribution is -0.118. The predicted molar refractivity (Wildman–Crippen MR) is 146 cm³/mol. The summed E-state index contributed by atoms with van der Waals surface area (Å²) in [6, 6.07) is 14.6. The van der Waals surface area contributed by atoms with E-state index in [0.29, 0.717) is 51.2 Å². The number of methoxy groups -OCH3 is 2. The molecule has 2 aromatic rings. The number of thioether (sulfide) groups is 1. The second-order valence-electron chi connectivity index (χ2n) is 9.70. The fourth-order valence-electron chi connectivity index (χ4n) is 4.70. The standard InChI is InChI=1S/C28H28ClN3O4S/c1-28(2)12-21-26(22(33)13-28)25(16-5-7-17(29)8-6-16)19(14-30)27(32-21)37-15-24(34)31-20-10-9-18(35-3)11-23(20)36-4/h5-11,25,32H,12-13,15H2,1-4H3,(H,31,34)/t25-/m1/s1. The van der Waals surface area contributed by atoms with Crippen LogP contribution < -0.4 is 20.1 Å². The number of benzene rings is 2. The molecule has 0 saturated carbocycles. The van der Waals surface area contributed by atoms with Gasteiger partial charge in [-0.05, 0) is 41.7 Å². The number of nitriles is 1. The highest BCUT2D eigenvalue weighted by Gasteiger charge is 2.42. The molecule has 0 radical (unpaired) electrons. The molecular formula is C28H28ClN3O4S. The van der Waals surface area contributed by atoms with Crippen LogP contribution in [0.2, 0.25) is 5.02 Å². The van der Waals surface area contributed by atoms with Gasteiger partial charge in [0.2, 0.25) is 5.91 Å². The Morgan fingerprint density at radius 1 is 1.19 bits per heavy atom. The molecule has 1 heterocycles. The van der Waals surface area contributed by atoms with Gasteiger partial charge < -0.3 is 20.1 Å². The van der Waals surface area contributed by atoms with Crippen molar-refractivity contribution in [1.82, 2.24) is 5.32 Å². The Balaban J connectivity index is 1.62. The number of anilines is 1. The Kier molecular flexibility index (Phi) is 7.86. The highest BCUT2D eigenvalue weighted by atomic mass is 35.5. The molecule has 0 fully saturated rings. The molecule has 0 aromatic heterocycles. The average molecular weight is 538 g/mol. The van der Waals surface area contributed by atoms with E-state index in [0.717, 1.165) is 11.3 Å². The van der Waals surface area contributed by atoms with Gasteiger partial charge in [-0.15, -0.1) is 0 Å². The van der Waals surface area contributed by atoms with E-state index >= 15 is 0 Å². The molecule has 1 atom stereocenters. The molecule has 0 bridgehead atoms. The molecule has 37 heavy (non-hydrogen) atoms. The highest BCUT2D eigenvalue weighted by molar-refractivity contribution is 8.03. The lowest BCUT2D eigenvalue weighted by Crippen LogP contribution is -2.37. The highest BCUT2D eigenvalue weighted by Crippen LogP contribution is 2.48. The van der Waals surface area contributed by atoms with Gasteiger partial charge in [0.15, 0.2) is 5.78 Å². The number of Topliss-reactive ketones (excluding diaryl/α,β-unsaturated/α-hetero) is 1. The van der Waals surface area contributed by atoms with Crippen LogP contribution in [0.1, 0.15) is 38.2 Å². The number of carbonyl (C=O) groups is 2. The lowest BCUT2D eigenvalue weighted by Gasteiger charge is -2.39. The molecule has 2 aromatic carbocycles. The van der Waals surface area contributed by atoms with Gasteiger partial charge in [-0.2, -0.15) is 5.26 Å². The minimum Gasteiger partial charge on any atom is -0.497 e. The number of hydrogen-bond acceptors (Lipinski definition) is 7. The zero-order valence-corrected chi connectivity index (χ0v) is 22.7. The molecule has 2 N–H and O–H groups in total. The number of ether oxygens (including phenoxy) is 2. The fourth-order valence-corrected chi connectivity index (χ4v) is 5.69. The van der Waals surface area contributed by atoms with E-state index in [2.05, 4.69) is 30.6 Å². The number of allylic oxidation sites excluding steroid dienone is 3. The van der Waals surface area contributed by atoms with Crippen LogP contribution in [0.3, 0.4) is 0 Å². The summed E-state index contributed by atoms with van der Waals surface area (Å²) in [5, 5.41) is 17.5. The Labute approximate surface area is 225 Å². The number of hydrogen-bond donors (Lipinski definition) is 2. The second-order valence-corrected chi connectivity index (χ2v) is 11.1. The molecule has 1 aliphatic heterocycles. The summed E-state index contributed by atoms with van der Waals surface area (Å²) >= 11 is 7.34. The molecule has 0 saturated heterocycles. The number of nitrogens with zero attached hydrogens (tertiary/aromatic N) is 1. The number of rotatable bonds is 7. The summed E-state index contributed by atoms with van der Waals surface area (Å²) in [6.45, 7) is 4.11. The molecule has 0 unspecified atom stereocenters. The SMILES string of the molecule is COc1ccc(NC(=O)CSC2=C(C#N)[C@@H](c3ccc(Cl)cc3)C3=C(CC(C)(C)CC3=O)N2)c(OC)c1. The van der Waals surface area contributed by atoms with Crippen LogP contribution in [0.25, 0.3) is 0 Å². The van der Waals surface area contributed by atoms with Gasteiger partial charge in [-0.3, -0.25) is 9.59 Å². The van der Waals surface area contributed by atoms with Gasteiger partial charge in [0, 0.05) is 28.8 Å². The largest absolute Gasteiger partial charge is 0.497 e. The van der Waals surface area contributed by atoms with Crippen molar-refractivity contribution in [3.63, 3.8) is 0 Å². The van der Waals surface area contributed by atoms with E-state index in [1.165, 1.54) is 18.9 Å². The van der Waals surface area contributed by atoms with E-state index in [-0.39, 0.29) is 22.9 Å². The summed E-state index contributed by atoms with van der Waals surface area (Å²) in [7, 11) is 3.07. The Morgan fingerprint density at radius 3 is 2.57 bits per heavy atom. The van der Waals surface area contributed by atoms with Gasteiger partial charge in [-0.25, -0.2) is 0 Å². The summed E-state index contributed by atoms with van der Waals surface area (Å²) in [4.78, 5) is 26.2. The predicted octanol–water partition coefficient (Wildman–Crippen LogP) is 5.79. The normalized spacial score (nSPS) is 18.5. The molecule has 9 heteroatoms. The van der Waals surface area contributed by atoms with Crippen LogP contribution in [-0.4, -0.2) is 31.7 Å². The number of ketones is 1. The molecular weight excluding hydrogens is 510 g/mol. The molecule has 1 amide bonds. The lowest BCUT2D eigenvalue weighted by atomic mass is 9.69. The summed E-state index contributed by atoms with van der Waals surface area (Å²) in [5.74, 6) is 0.389. The van der Waals surface area contributed by atoms with Gasteiger partial charge in [0.1, 0.15) is 11.5 Å². The molecule has 1 aliphatic carbocycles. The van der Waals surface area contributed by atoms with Crippen molar-refractivity contribution in [1.29, 1.82) is 5.26 Å². The molecule has 0 spiro atoms. The third kappa shape index (κ3) is 5.79. The van der Waals surface area contributed by atoms with E-state index in [1.807, 2.05) is 12.1 Å². The van der Waals surface area contributed by atoms with Gasteiger partial charge in [0.05, 0.1) is 48.2 Å². The van der Waals surface area contributed by atoms with Gasteiger partial charge in [-0.1, -0.05) is 49.3 Å². The van der Waals surface area contributed by atoms with Crippen molar-refractivity contribution < 1.29 is 19.1 Å². The van der Waals surface area contributed by atoms with Crippen LogP contribution in [-0.2, 0) is 9.59 Å². The molecule has 7 nitrogen and oxygen atoms in total. The summed E-state index contributed by atoms with van der Waals surface area (Å²) < 4.78 is 10.6. The average Bonchev–Trinajstić information content (AvgIpc) is 2.86. The van der Waals surface area contributed by atoms with E-state index in [1.54, 1.807) is 37.4 Å². The van der Waals surface area contributed by atoms with E-state index in [9.17, 15) is 14.9 Å². The quantitative estimate of drug-likeness (QED) is 0.460. The Bertz CT molecular complexity index is 1340. The maximum Gasteiger partial charge on any atom is 0.234 e. The van der Waals surface area contributed by atoms with Crippen molar-refractivity contribution in [2.45, 2.75) is 32.6 Å². The van der Waals surface area contributed by atoms with Crippen molar-refractivity contribution in [2.75, 3.05) is 25.3 Å². The number of carbonyl (C=O) groups excluding carboxylic acids is 2. The first-order valence-electron chi connectivity index (χ1n) is 11.7. The minimum absolute atomic E-state index is 0.0276. The summed E-state index contributed by atoms with van der Waals surface area (Å²) in [5.41, 5.74) is 2.96. The van der Waals surface area contributed by atoms with Crippen LogP contribution in [0, 0.1) is 16.7 Å². The molecule has 2 aliphatic rings. The van der Waals surface area contributed by atoms with Crippen LogP contribution in [0.5, 0.6) is 11.5 Å². The maximum absolute atomic E-state index is 13.3. The zero-order valence-electron chi connectivity index (χ0n) is 21.1. The Morgan fingerprint density at radius 2 is 1.92 bits per heavy atom. The van der Waals surface area contributed by atoms with Gasteiger partial charge in [0.25, 0.3) is 0 Å². The van der Waals surface area contributed by atoms with Crippen molar-refractivity contribution >= 4 is 40.7 Å². The number of halogens is 1. The first-order chi connectivity index (χ1) is 17.7. The second kappa shape index (κ2) is 10.9.